The molecule has 2 heterocycles. The molecule has 0 spiro atoms. The van der Waals surface area contributed by atoms with Gasteiger partial charge in [-0.3, -0.25) is 4.79 Å². The van der Waals surface area contributed by atoms with Gasteiger partial charge in [-0.05, 0) is 27.7 Å². The van der Waals surface area contributed by atoms with Gasteiger partial charge in [-0.1, -0.05) is 11.6 Å². The van der Waals surface area contributed by atoms with Crippen LogP contribution in [-0.2, 0) is 5.54 Å². The maximum atomic E-state index is 12.1. The lowest BCUT2D eigenvalue weighted by Gasteiger charge is -2.25. The van der Waals surface area contributed by atoms with Crippen LogP contribution in [0.4, 0.5) is 5.69 Å². The molecule has 0 aliphatic carbocycles. The number of nitrogens with zero attached hydrogens (tertiary/aromatic N) is 3. The summed E-state index contributed by atoms with van der Waals surface area (Å²) in [5.41, 5.74) is -0.189. The third kappa shape index (κ3) is 2.86. The van der Waals surface area contributed by atoms with Gasteiger partial charge in [0.2, 0.25) is 0 Å². The van der Waals surface area contributed by atoms with Gasteiger partial charge >= 0.3 is 0 Å². The van der Waals surface area contributed by atoms with E-state index in [1.807, 2.05) is 33.1 Å². The van der Waals surface area contributed by atoms with E-state index in [9.17, 15) is 4.79 Å². The smallest absolute Gasteiger partial charge is 0.287 e. The predicted molar refractivity (Wildman–Crippen MR) is 82.7 cm³/mol. The minimum atomic E-state index is -0.421. The van der Waals surface area contributed by atoms with E-state index in [4.69, 9.17) is 11.6 Å². The van der Waals surface area contributed by atoms with Crippen molar-refractivity contribution in [2.75, 3.05) is 5.32 Å². The predicted octanol–water partition coefficient (Wildman–Crippen LogP) is 3.28. The number of thiazole rings is 1. The van der Waals surface area contributed by atoms with Crippen LogP contribution in [0.25, 0.3) is 0 Å². The summed E-state index contributed by atoms with van der Waals surface area (Å²) in [5.74, 6) is 0. The first-order valence-corrected chi connectivity index (χ1v) is 7.54. The molecule has 108 valence electrons. The average Bonchev–Trinajstić information content (AvgIpc) is 2.89. The summed E-state index contributed by atoms with van der Waals surface area (Å²) in [6, 6.07) is -0.0268. The largest absolute Gasteiger partial charge is 0.371 e. The number of anilines is 1. The van der Waals surface area contributed by atoms with Gasteiger partial charge in [-0.15, -0.1) is 11.3 Å². The van der Waals surface area contributed by atoms with Crippen LogP contribution < -0.4 is 10.9 Å². The minimum absolute atomic E-state index is 0.0268. The second-order valence-electron chi connectivity index (χ2n) is 5.30. The molecule has 0 aliphatic heterocycles. The van der Waals surface area contributed by atoms with Gasteiger partial charge in [0.1, 0.15) is 10.0 Å². The van der Waals surface area contributed by atoms with E-state index in [1.165, 1.54) is 4.68 Å². The van der Waals surface area contributed by atoms with Crippen LogP contribution in [0.5, 0.6) is 0 Å². The van der Waals surface area contributed by atoms with Crippen LogP contribution >= 0.6 is 22.9 Å². The van der Waals surface area contributed by atoms with Gasteiger partial charge in [-0.25, -0.2) is 9.67 Å². The van der Waals surface area contributed by atoms with E-state index in [2.05, 4.69) is 15.4 Å². The van der Waals surface area contributed by atoms with Crippen LogP contribution in [0.15, 0.2) is 22.6 Å². The Bertz CT molecular complexity index is 649. The second kappa shape index (κ2) is 5.54. The van der Waals surface area contributed by atoms with Crippen LogP contribution in [0.3, 0.4) is 0 Å². The highest BCUT2D eigenvalue weighted by atomic mass is 35.5. The molecule has 2 aromatic rings. The molecule has 0 aromatic carbocycles. The maximum Gasteiger partial charge on any atom is 0.287 e. The number of nitrogens with one attached hydrogen (secondary N) is 1. The first kappa shape index (κ1) is 15.0. The van der Waals surface area contributed by atoms with Crippen molar-refractivity contribution in [2.45, 2.75) is 39.3 Å². The lowest BCUT2D eigenvalue weighted by molar-refractivity contribution is 0.502. The zero-order valence-electron chi connectivity index (χ0n) is 11.8. The highest BCUT2D eigenvalue weighted by molar-refractivity contribution is 7.09. The fourth-order valence-electron chi connectivity index (χ4n) is 1.82. The first-order chi connectivity index (χ1) is 9.33. The van der Waals surface area contributed by atoms with Crippen LogP contribution in [0, 0.1) is 0 Å². The molecule has 0 fully saturated rings. The highest BCUT2D eigenvalue weighted by Crippen LogP contribution is 2.29. The summed E-state index contributed by atoms with van der Waals surface area (Å²) in [6.07, 6.45) is 3.33. The Balaban J connectivity index is 2.36. The molecule has 1 N–H and O–H groups in total. The Labute approximate surface area is 126 Å². The van der Waals surface area contributed by atoms with Gasteiger partial charge in [0.05, 0.1) is 23.5 Å². The summed E-state index contributed by atoms with van der Waals surface area (Å²) >= 11 is 7.70. The van der Waals surface area contributed by atoms with Crippen molar-refractivity contribution in [3.63, 3.8) is 0 Å². The van der Waals surface area contributed by atoms with E-state index in [1.54, 1.807) is 23.7 Å². The number of aromatic nitrogens is 3. The minimum Gasteiger partial charge on any atom is -0.371 e. The summed E-state index contributed by atoms with van der Waals surface area (Å²) in [4.78, 5) is 16.4. The quantitative estimate of drug-likeness (QED) is 0.941. The molecule has 0 bridgehead atoms. The number of hydrogen-bond donors (Lipinski definition) is 1. The Morgan fingerprint density at radius 1 is 1.45 bits per heavy atom. The van der Waals surface area contributed by atoms with E-state index in [0.717, 1.165) is 5.01 Å². The highest BCUT2D eigenvalue weighted by Gasteiger charge is 2.25. The molecule has 0 aliphatic rings. The normalized spacial score (nSPS) is 11.9. The molecule has 7 heteroatoms. The fraction of sp³-hybridized carbons (Fsp3) is 0.462. The van der Waals surface area contributed by atoms with Crippen LogP contribution in [0.2, 0.25) is 5.02 Å². The van der Waals surface area contributed by atoms with E-state index in [-0.39, 0.29) is 16.6 Å². The Morgan fingerprint density at radius 2 is 2.15 bits per heavy atom. The maximum absolute atomic E-state index is 12.1. The van der Waals surface area contributed by atoms with Crippen molar-refractivity contribution < 1.29 is 0 Å². The molecule has 2 rings (SSSR count). The van der Waals surface area contributed by atoms with Crippen molar-refractivity contribution in [1.29, 1.82) is 0 Å². The lowest BCUT2D eigenvalue weighted by Crippen LogP contribution is -2.31. The van der Waals surface area contributed by atoms with Gasteiger partial charge in [0.25, 0.3) is 5.56 Å². The van der Waals surface area contributed by atoms with Crippen molar-refractivity contribution in [3.05, 3.63) is 38.2 Å². The molecule has 0 saturated heterocycles. The van der Waals surface area contributed by atoms with Crippen molar-refractivity contribution in [1.82, 2.24) is 14.8 Å². The summed E-state index contributed by atoms with van der Waals surface area (Å²) in [6.45, 7) is 7.74. The lowest BCUT2D eigenvalue weighted by atomic mass is 10.1. The molecule has 2 aromatic heterocycles. The van der Waals surface area contributed by atoms with E-state index >= 15 is 0 Å². The molecule has 0 radical (unpaired) electrons. The Morgan fingerprint density at radius 3 is 2.70 bits per heavy atom. The molecule has 20 heavy (non-hydrogen) atoms. The average molecular weight is 313 g/mol. The van der Waals surface area contributed by atoms with Gasteiger partial charge in [0.15, 0.2) is 0 Å². The van der Waals surface area contributed by atoms with Gasteiger partial charge in [-0.2, -0.15) is 5.10 Å². The SMILES string of the molecule is CC(C)n1ncc(NC(C)(C)c2nccs2)c(Cl)c1=O. The summed E-state index contributed by atoms with van der Waals surface area (Å²) in [5, 5.41) is 10.4. The van der Waals surface area contributed by atoms with Gasteiger partial charge in [0, 0.05) is 11.6 Å². The molecule has 0 atom stereocenters. The number of halogens is 1. The summed E-state index contributed by atoms with van der Waals surface area (Å²) in [7, 11) is 0. The van der Waals surface area contributed by atoms with Crippen molar-refractivity contribution in [2.24, 2.45) is 0 Å². The second-order valence-corrected chi connectivity index (χ2v) is 6.58. The van der Waals surface area contributed by atoms with Crippen LogP contribution in [0.1, 0.15) is 38.7 Å². The van der Waals surface area contributed by atoms with E-state index in [0.29, 0.717) is 5.69 Å². The van der Waals surface area contributed by atoms with Gasteiger partial charge < -0.3 is 5.32 Å². The fourth-order valence-corrected chi connectivity index (χ4v) is 2.72. The third-order valence-electron chi connectivity index (χ3n) is 2.85. The summed E-state index contributed by atoms with van der Waals surface area (Å²) < 4.78 is 1.36. The Kier molecular flexibility index (Phi) is 4.15. The Hall–Kier alpha value is -1.40. The monoisotopic (exact) mass is 312 g/mol. The zero-order chi connectivity index (χ0) is 14.9. The van der Waals surface area contributed by atoms with E-state index < -0.39 is 5.54 Å². The first-order valence-electron chi connectivity index (χ1n) is 6.28. The topological polar surface area (TPSA) is 59.8 Å². The van der Waals surface area contributed by atoms with Crippen molar-refractivity contribution >= 4 is 28.6 Å². The molecular weight excluding hydrogens is 296 g/mol. The molecule has 0 amide bonds. The van der Waals surface area contributed by atoms with Crippen molar-refractivity contribution in [3.8, 4) is 0 Å². The van der Waals surface area contributed by atoms with Crippen LogP contribution in [-0.4, -0.2) is 14.8 Å². The standard InChI is InChI=1S/C13H17ClN4OS/c1-8(2)18-11(19)10(14)9(7-16-18)17-13(3,4)12-15-5-6-20-12/h5-8,17H,1-4H3. The third-order valence-corrected chi connectivity index (χ3v) is 4.31. The molecule has 5 nitrogen and oxygen atoms in total. The zero-order valence-corrected chi connectivity index (χ0v) is 13.4. The number of rotatable bonds is 4. The number of hydrogen-bond acceptors (Lipinski definition) is 5. The molecule has 0 unspecified atom stereocenters. The molecular formula is C13H17ClN4OS. The molecule has 0 saturated carbocycles.